The Morgan fingerprint density at radius 1 is 1.19 bits per heavy atom. The van der Waals surface area contributed by atoms with Gasteiger partial charge in [0.2, 0.25) is 5.52 Å². The summed E-state index contributed by atoms with van der Waals surface area (Å²) in [5.41, 5.74) is 2.51. The number of benzene rings is 1. The van der Waals surface area contributed by atoms with Crippen LogP contribution in [0.25, 0.3) is 22.2 Å². The summed E-state index contributed by atoms with van der Waals surface area (Å²) in [6, 6.07) is 3.75. The SMILES string of the molecule is Cc1cc2nc3c(=O)[nH]c(=O)[nH]c3[n+](CC=O)c2cc1C. The summed E-state index contributed by atoms with van der Waals surface area (Å²) in [5, 5.41) is 0. The molecule has 0 bridgehead atoms. The van der Waals surface area contributed by atoms with Crippen LogP contribution in [0.1, 0.15) is 11.1 Å². The quantitative estimate of drug-likeness (QED) is 0.389. The van der Waals surface area contributed by atoms with Crippen molar-refractivity contribution in [2.75, 3.05) is 0 Å². The highest BCUT2D eigenvalue weighted by atomic mass is 16.2. The number of aryl methyl sites for hydroxylation is 2. The number of carbonyl (C=O) groups excluding carboxylic acids is 1. The number of nitrogens with one attached hydrogen (secondary N) is 2. The highest BCUT2D eigenvalue weighted by Gasteiger charge is 2.18. The molecule has 2 N–H and O–H groups in total. The van der Waals surface area contributed by atoms with Crippen LogP contribution < -0.4 is 15.8 Å². The number of nitrogens with zero attached hydrogens (tertiary/aromatic N) is 2. The molecule has 0 saturated heterocycles. The summed E-state index contributed by atoms with van der Waals surface area (Å²) < 4.78 is 1.59. The van der Waals surface area contributed by atoms with Crippen LogP contribution in [0.2, 0.25) is 0 Å². The molecule has 0 atom stereocenters. The third-order valence-electron chi connectivity index (χ3n) is 3.54. The Kier molecular flexibility index (Phi) is 2.90. The van der Waals surface area contributed by atoms with E-state index in [1.807, 2.05) is 26.0 Å². The van der Waals surface area contributed by atoms with E-state index in [-0.39, 0.29) is 17.7 Å². The molecule has 7 nitrogen and oxygen atoms in total. The zero-order chi connectivity index (χ0) is 15.1. The number of aldehydes is 1. The number of hydrogen-bond donors (Lipinski definition) is 2. The average molecular weight is 285 g/mol. The van der Waals surface area contributed by atoms with Gasteiger partial charge in [0, 0.05) is 0 Å². The zero-order valence-electron chi connectivity index (χ0n) is 11.6. The Balaban J connectivity index is 2.62. The lowest BCUT2D eigenvalue weighted by atomic mass is 10.1. The van der Waals surface area contributed by atoms with Gasteiger partial charge in [-0.25, -0.2) is 14.3 Å². The van der Waals surface area contributed by atoms with Gasteiger partial charge in [0.25, 0.3) is 5.56 Å². The van der Waals surface area contributed by atoms with Crippen LogP contribution in [0.4, 0.5) is 0 Å². The Bertz CT molecular complexity index is 1000. The summed E-state index contributed by atoms with van der Waals surface area (Å²) in [7, 11) is 0. The molecule has 2 aromatic heterocycles. The third-order valence-corrected chi connectivity index (χ3v) is 3.54. The highest BCUT2D eigenvalue weighted by Crippen LogP contribution is 2.16. The molecule has 0 unspecified atom stereocenters. The van der Waals surface area contributed by atoms with Gasteiger partial charge in [-0.1, -0.05) is 0 Å². The maximum atomic E-state index is 11.9. The second-order valence-corrected chi connectivity index (χ2v) is 4.92. The van der Waals surface area contributed by atoms with Gasteiger partial charge in [-0.05, 0) is 37.1 Å². The van der Waals surface area contributed by atoms with Gasteiger partial charge < -0.3 is 0 Å². The monoisotopic (exact) mass is 285 g/mol. The lowest BCUT2D eigenvalue weighted by Gasteiger charge is -2.07. The fraction of sp³-hybridized carbons (Fsp3) is 0.214. The van der Waals surface area contributed by atoms with Crippen molar-refractivity contribution >= 4 is 28.5 Å². The minimum atomic E-state index is -0.628. The van der Waals surface area contributed by atoms with E-state index >= 15 is 0 Å². The third kappa shape index (κ3) is 2.03. The molecule has 3 rings (SSSR count). The molecule has 1 aromatic carbocycles. The number of H-pyrrole nitrogens is 2. The molecule has 0 spiro atoms. The molecule has 0 fully saturated rings. The molecule has 2 heterocycles. The van der Waals surface area contributed by atoms with E-state index in [2.05, 4.69) is 15.0 Å². The lowest BCUT2D eigenvalue weighted by Crippen LogP contribution is -2.41. The summed E-state index contributed by atoms with van der Waals surface area (Å²) >= 11 is 0. The smallest absolute Gasteiger partial charge is 0.299 e. The molecule has 0 aliphatic rings. The average Bonchev–Trinajstić information content (AvgIpc) is 2.42. The molecule has 106 valence electrons. The van der Waals surface area contributed by atoms with Gasteiger partial charge >= 0.3 is 11.3 Å². The molecule has 0 saturated carbocycles. The first-order chi connectivity index (χ1) is 10.0. The van der Waals surface area contributed by atoms with Crippen molar-refractivity contribution < 1.29 is 9.36 Å². The zero-order valence-corrected chi connectivity index (χ0v) is 11.6. The number of aromatic amines is 2. The number of aromatic nitrogens is 4. The van der Waals surface area contributed by atoms with Gasteiger partial charge in [0.15, 0.2) is 11.8 Å². The minimum absolute atomic E-state index is 0.0252. The van der Waals surface area contributed by atoms with E-state index in [9.17, 15) is 14.4 Å². The Morgan fingerprint density at radius 2 is 1.90 bits per heavy atom. The molecule has 21 heavy (non-hydrogen) atoms. The second kappa shape index (κ2) is 4.62. The summed E-state index contributed by atoms with van der Waals surface area (Å²) in [5.74, 6) is 0. The summed E-state index contributed by atoms with van der Waals surface area (Å²) in [6.45, 7) is 3.92. The van der Waals surface area contributed by atoms with Gasteiger partial charge in [0.05, 0.1) is 0 Å². The maximum Gasteiger partial charge on any atom is 0.413 e. The normalized spacial score (nSPS) is 11.1. The topological polar surface area (TPSA) is 99.6 Å². The number of carbonyl (C=O) groups is 1. The van der Waals surface area contributed by atoms with E-state index in [1.165, 1.54) is 0 Å². The first-order valence-electron chi connectivity index (χ1n) is 6.42. The van der Waals surface area contributed by atoms with Crippen LogP contribution in [0.15, 0.2) is 21.7 Å². The highest BCUT2D eigenvalue weighted by molar-refractivity contribution is 5.80. The van der Waals surface area contributed by atoms with E-state index in [0.29, 0.717) is 17.3 Å². The second-order valence-electron chi connectivity index (χ2n) is 4.92. The van der Waals surface area contributed by atoms with E-state index in [4.69, 9.17) is 0 Å². The van der Waals surface area contributed by atoms with Gasteiger partial charge in [-0.3, -0.25) is 14.6 Å². The van der Waals surface area contributed by atoms with Crippen LogP contribution in [0.3, 0.4) is 0 Å². The summed E-state index contributed by atoms with van der Waals surface area (Å²) in [6.07, 6.45) is 0.716. The standard InChI is InChI=1S/C14H12N4O3/c1-7-5-9-10(6-8(7)2)18(3-4-19)12-11(15-9)13(20)17-14(21)16-12/h4-6H,3H2,1-2H3,(H,17,20,21)/p+1. The molecule has 0 aliphatic heterocycles. The molecule has 0 radical (unpaired) electrons. The molecule has 0 aliphatic carbocycles. The maximum absolute atomic E-state index is 11.9. The van der Waals surface area contributed by atoms with Crippen LogP contribution in [0.5, 0.6) is 0 Å². The van der Waals surface area contributed by atoms with Crippen molar-refractivity contribution in [3.8, 4) is 0 Å². The number of rotatable bonds is 2. The fourth-order valence-electron chi connectivity index (χ4n) is 2.36. The van der Waals surface area contributed by atoms with Gasteiger partial charge in [0.1, 0.15) is 12.1 Å². The van der Waals surface area contributed by atoms with E-state index in [0.717, 1.165) is 11.1 Å². The Hall–Kier alpha value is -2.83. The number of hydrogen-bond acceptors (Lipinski definition) is 4. The molecular weight excluding hydrogens is 272 g/mol. The first-order valence-corrected chi connectivity index (χ1v) is 6.42. The van der Waals surface area contributed by atoms with Crippen molar-refractivity contribution in [2.45, 2.75) is 20.4 Å². The van der Waals surface area contributed by atoms with E-state index < -0.39 is 11.2 Å². The van der Waals surface area contributed by atoms with Crippen LogP contribution in [-0.4, -0.2) is 21.2 Å². The molecular formula is C14H13N4O3+. The predicted octanol–water partition coefficient (Wildman–Crippen LogP) is -0.132. The molecule has 7 heteroatoms. The van der Waals surface area contributed by atoms with Gasteiger partial charge in [-0.2, -0.15) is 4.98 Å². The largest absolute Gasteiger partial charge is 0.413 e. The number of fused-ring (bicyclic) bond motifs is 2. The Morgan fingerprint density at radius 3 is 2.62 bits per heavy atom. The van der Waals surface area contributed by atoms with Crippen molar-refractivity contribution in [1.82, 2.24) is 15.0 Å². The first kappa shape index (κ1) is 13.2. The predicted molar refractivity (Wildman–Crippen MR) is 76.2 cm³/mol. The van der Waals surface area contributed by atoms with Crippen LogP contribution in [0, 0.1) is 13.8 Å². The Labute approximate surface area is 118 Å². The van der Waals surface area contributed by atoms with Crippen molar-refractivity contribution in [1.29, 1.82) is 0 Å². The van der Waals surface area contributed by atoms with Gasteiger partial charge in [-0.15, -0.1) is 0 Å². The van der Waals surface area contributed by atoms with Crippen molar-refractivity contribution in [3.05, 3.63) is 44.1 Å². The lowest BCUT2D eigenvalue weighted by molar-refractivity contribution is -0.632. The summed E-state index contributed by atoms with van der Waals surface area (Å²) in [4.78, 5) is 43.3. The molecule has 0 amide bonds. The minimum Gasteiger partial charge on any atom is -0.299 e. The van der Waals surface area contributed by atoms with Crippen molar-refractivity contribution in [2.24, 2.45) is 0 Å². The molecule has 3 aromatic rings. The van der Waals surface area contributed by atoms with E-state index in [1.54, 1.807) is 4.57 Å². The van der Waals surface area contributed by atoms with Crippen molar-refractivity contribution in [3.63, 3.8) is 0 Å². The fourth-order valence-corrected chi connectivity index (χ4v) is 2.36. The van der Waals surface area contributed by atoms with Crippen LogP contribution >= 0.6 is 0 Å². The van der Waals surface area contributed by atoms with Crippen LogP contribution in [-0.2, 0) is 11.3 Å².